The molecule has 1 aromatic heterocycles. The Hall–Kier alpha value is -1.63. The highest BCUT2D eigenvalue weighted by atomic mass is 14.7. The first-order valence-electron chi connectivity index (χ1n) is 14.3. The van der Waals surface area contributed by atoms with Crippen molar-refractivity contribution in [3.63, 3.8) is 0 Å². The maximum atomic E-state index is 4.80. The van der Waals surface area contributed by atoms with Crippen LogP contribution in [-0.4, -0.2) is 4.98 Å². The second-order valence-corrected chi connectivity index (χ2v) is 10.7. The van der Waals surface area contributed by atoms with Gasteiger partial charge >= 0.3 is 0 Å². The van der Waals surface area contributed by atoms with Crippen molar-refractivity contribution >= 4 is 0 Å². The third kappa shape index (κ3) is 9.63. The third-order valence-electron chi connectivity index (χ3n) is 7.92. The first kappa shape index (κ1) is 26.0. The van der Waals surface area contributed by atoms with Crippen LogP contribution in [0, 0.1) is 11.8 Å². The molecule has 182 valence electrons. The minimum absolute atomic E-state index is 0.936. The summed E-state index contributed by atoms with van der Waals surface area (Å²) in [5.41, 5.74) is 5.22. The summed E-state index contributed by atoms with van der Waals surface area (Å²) in [4.78, 5) is 4.80. The van der Waals surface area contributed by atoms with E-state index in [-0.39, 0.29) is 0 Å². The number of nitrogens with zero attached hydrogens (tertiary/aromatic N) is 1. The molecule has 3 rings (SSSR count). The molecule has 1 fully saturated rings. The Morgan fingerprint density at radius 2 is 1.21 bits per heavy atom. The summed E-state index contributed by atoms with van der Waals surface area (Å²) in [6.45, 7) is 4.59. The molecule has 1 aromatic carbocycles. The lowest BCUT2D eigenvalue weighted by molar-refractivity contribution is 0.249. The minimum atomic E-state index is 0.936. The molecule has 1 heterocycles. The van der Waals surface area contributed by atoms with Crippen molar-refractivity contribution in [1.82, 2.24) is 4.98 Å². The predicted octanol–water partition coefficient (Wildman–Crippen LogP) is 9.97. The largest absolute Gasteiger partial charge is 0.256 e. The van der Waals surface area contributed by atoms with E-state index in [9.17, 15) is 0 Å². The topological polar surface area (TPSA) is 12.9 Å². The average molecular weight is 448 g/mol. The molecular weight excluding hydrogens is 398 g/mol. The van der Waals surface area contributed by atoms with Crippen LogP contribution in [0.4, 0.5) is 0 Å². The predicted molar refractivity (Wildman–Crippen MR) is 145 cm³/mol. The first-order chi connectivity index (χ1) is 16.3. The number of hydrogen-bond acceptors (Lipinski definition) is 1. The van der Waals surface area contributed by atoms with Gasteiger partial charge in [0.25, 0.3) is 0 Å². The van der Waals surface area contributed by atoms with Gasteiger partial charge in [-0.15, -0.1) is 0 Å². The number of aryl methyl sites for hydroxylation is 2. The van der Waals surface area contributed by atoms with E-state index in [1.807, 2.05) is 0 Å². The van der Waals surface area contributed by atoms with E-state index in [0.717, 1.165) is 17.5 Å². The Bertz CT molecular complexity index is 737. The van der Waals surface area contributed by atoms with Crippen molar-refractivity contribution in [2.75, 3.05) is 0 Å². The van der Waals surface area contributed by atoms with Crippen LogP contribution in [-0.2, 0) is 12.8 Å². The van der Waals surface area contributed by atoms with E-state index in [4.69, 9.17) is 4.98 Å². The van der Waals surface area contributed by atoms with Gasteiger partial charge in [-0.2, -0.15) is 0 Å². The molecule has 0 spiro atoms. The summed E-state index contributed by atoms with van der Waals surface area (Å²) in [7, 11) is 0. The molecule has 1 saturated carbocycles. The number of pyridine rings is 1. The van der Waals surface area contributed by atoms with Gasteiger partial charge in [-0.3, -0.25) is 4.98 Å². The summed E-state index contributed by atoms with van der Waals surface area (Å²) >= 11 is 0. The number of benzene rings is 1. The molecule has 1 aliphatic rings. The lowest BCUT2D eigenvalue weighted by Crippen LogP contribution is -2.15. The summed E-state index contributed by atoms with van der Waals surface area (Å²) in [5.74, 6) is 1.96. The Labute approximate surface area is 204 Å². The van der Waals surface area contributed by atoms with Gasteiger partial charge in [0.1, 0.15) is 0 Å². The standard InChI is InChI=1S/C32H49N/c1-3-5-7-9-11-13-28-20-23-31(24-21-28)32-25-22-30(26-33-32)19-18-29-16-14-27(15-17-29)12-10-8-6-4-2/h20-27,29H,3-19H2,1-2H3. The van der Waals surface area contributed by atoms with Gasteiger partial charge in [0.05, 0.1) is 5.69 Å². The molecule has 0 amide bonds. The second-order valence-electron chi connectivity index (χ2n) is 10.7. The van der Waals surface area contributed by atoms with Crippen LogP contribution in [0.1, 0.15) is 121 Å². The lowest BCUT2D eigenvalue weighted by atomic mass is 9.78. The fourth-order valence-electron chi connectivity index (χ4n) is 5.56. The Balaban J connectivity index is 1.35. The van der Waals surface area contributed by atoms with E-state index in [1.54, 1.807) is 0 Å². The summed E-state index contributed by atoms with van der Waals surface area (Å²) in [5, 5.41) is 0. The molecule has 1 heteroatoms. The van der Waals surface area contributed by atoms with E-state index in [1.165, 1.54) is 126 Å². The molecule has 1 nitrogen and oxygen atoms in total. The number of unbranched alkanes of at least 4 members (excludes halogenated alkanes) is 7. The van der Waals surface area contributed by atoms with Gasteiger partial charge in [0.2, 0.25) is 0 Å². The van der Waals surface area contributed by atoms with Crippen molar-refractivity contribution in [3.05, 3.63) is 53.7 Å². The van der Waals surface area contributed by atoms with Gasteiger partial charge in [0.15, 0.2) is 0 Å². The molecular formula is C32H49N. The normalized spacial score (nSPS) is 18.5. The highest BCUT2D eigenvalue weighted by Crippen LogP contribution is 2.34. The molecule has 2 aromatic rings. The Morgan fingerprint density at radius 3 is 1.85 bits per heavy atom. The number of hydrogen-bond donors (Lipinski definition) is 0. The van der Waals surface area contributed by atoms with E-state index < -0.39 is 0 Å². The maximum Gasteiger partial charge on any atom is 0.0702 e. The van der Waals surface area contributed by atoms with Crippen molar-refractivity contribution in [3.8, 4) is 11.3 Å². The van der Waals surface area contributed by atoms with Gasteiger partial charge in [-0.1, -0.05) is 128 Å². The molecule has 0 bridgehead atoms. The van der Waals surface area contributed by atoms with Crippen LogP contribution < -0.4 is 0 Å². The lowest BCUT2D eigenvalue weighted by Gasteiger charge is -2.28. The van der Waals surface area contributed by atoms with E-state index in [2.05, 4.69) is 56.4 Å². The van der Waals surface area contributed by atoms with Crippen molar-refractivity contribution in [2.45, 2.75) is 123 Å². The van der Waals surface area contributed by atoms with Crippen molar-refractivity contribution < 1.29 is 0 Å². The minimum Gasteiger partial charge on any atom is -0.256 e. The molecule has 0 radical (unpaired) electrons. The molecule has 1 aliphatic carbocycles. The van der Waals surface area contributed by atoms with Gasteiger partial charge in [-0.05, 0) is 54.7 Å². The molecule has 0 unspecified atom stereocenters. The van der Waals surface area contributed by atoms with Gasteiger partial charge in [-0.25, -0.2) is 0 Å². The molecule has 0 atom stereocenters. The highest BCUT2D eigenvalue weighted by Gasteiger charge is 2.20. The van der Waals surface area contributed by atoms with Crippen LogP contribution in [0.5, 0.6) is 0 Å². The Kier molecular flexibility index (Phi) is 12.1. The first-order valence-corrected chi connectivity index (χ1v) is 14.3. The average Bonchev–Trinajstić information content (AvgIpc) is 2.87. The number of rotatable bonds is 15. The van der Waals surface area contributed by atoms with Gasteiger partial charge in [0, 0.05) is 11.8 Å². The fourth-order valence-corrected chi connectivity index (χ4v) is 5.56. The van der Waals surface area contributed by atoms with Crippen LogP contribution in [0.25, 0.3) is 11.3 Å². The smallest absolute Gasteiger partial charge is 0.0702 e. The molecule has 0 saturated heterocycles. The summed E-state index contributed by atoms with van der Waals surface area (Å²) < 4.78 is 0. The quantitative estimate of drug-likeness (QED) is 0.247. The van der Waals surface area contributed by atoms with Crippen LogP contribution >= 0.6 is 0 Å². The monoisotopic (exact) mass is 447 g/mol. The fraction of sp³-hybridized carbons (Fsp3) is 0.656. The Morgan fingerprint density at radius 1 is 0.606 bits per heavy atom. The zero-order chi connectivity index (χ0) is 23.1. The summed E-state index contributed by atoms with van der Waals surface area (Å²) in [6.07, 6.45) is 25.6. The number of aromatic nitrogens is 1. The van der Waals surface area contributed by atoms with Crippen molar-refractivity contribution in [1.29, 1.82) is 0 Å². The zero-order valence-electron chi connectivity index (χ0n) is 21.7. The van der Waals surface area contributed by atoms with Crippen LogP contribution in [0.2, 0.25) is 0 Å². The van der Waals surface area contributed by atoms with Gasteiger partial charge < -0.3 is 0 Å². The maximum absolute atomic E-state index is 4.80. The van der Waals surface area contributed by atoms with E-state index >= 15 is 0 Å². The van der Waals surface area contributed by atoms with Crippen LogP contribution in [0.3, 0.4) is 0 Å². The molecule has 33 heavy (non-hydrogen) atoms. The van der Waals surface area contributed by atoms with E-state index in [0.29, 0.717) is 0 Å². The highest BCUT2D eigenvalue weighted by molar-refractivity contribution is 5.59. The van der Waals surface area contributed by atoms with Crippen molar-refractivity contribution in [2.24, 2.45) is 11.8 Å². The SMILES string of the molecule is CCCCCCCc1ccc(-c2ccc(CCC3CCC(CCCCCC)CC3)cn2)cc1. The van der Waals surface area contributed by atoms with Crippen LogP contribution in [0.15, 0.2) is 42.6 Å². The second kappa shape index (κ2) is 15.3. The molecule has 0 aliphatic heterocycles. The molecule has 0 N–H and O–H groups in total. The zero-order valence-corrected chi connectivity index (χ0v) is 21.7. The third-order valence-corrected chi connectivity index (χ3v) is 7.92. The summed E-state index contributed by atoms with van der Waals surface area (Å²) in [6, 6.07) is 13.6.